The van der Waals surface area contributed by atoms with Gasteiger partial charge >= 0.3 is 5.97 Å². The zero-order valence-electron chi connectivity index (χ0n) is 18.6. The van der Waals surface area contributed by atoms with Gasteiger partial charge in [-0.25, -0.2) is 0 Å². The number of hydrogen-bond acceptors (Lipinski definition) is 6. The van der Waals surface area contributed by atoms with Gasteiger partial charge in [0, 0.05) is 23.7 Å². The van der Waals surface area contributed by atoms with Crippen LogP contribution in [0.1, 0.15) is 78.1 Å². The van der Waals surface area contributed by atoms with Crippen molar-refractivity contribution in [3.63, 3.8) is 0 Å². The van der Waals surface area contributed by atoms with Gasteiger partial charge in [-0.3, -0.25) is 14.4 Å². The van der Waals surface area contributed by atoms with Crippen LogP contribution in [0.4, 0.5) is 0 Å². The zero-order chi connectivity index (χ0) is 22.4. The lowest BCUT2D eigenvalue weighted by molar-refractivity contribution is -0.305. The minimum Gasteiger partial charge on any atom is -0.550 e. The molecule has 31 heavy (non-hydrogen) atoms. The molecule has 6 nitrogen and oxygen atoms in total. The molecule has 0 N–H and O–H groups in total. The first kappa shape index (κ1) is 22.2. The Morgan fingerprint density at radius 3 is 2.55 bits per heavy atom. The highest BCUT2D eigenvalue weighted by molar-refractivity contribution is 5.91. The van der Waals surface area contributed by atoms with Crippen LogP contribution in [-0.2, 0) is 23.9 Å². The van der Waals surface area contributed by atoms with Crippen LogP contribution in [0.25, 0.3) is 0 Å². The normalized spacial score (nSPS) is 39.0. The molecular weight excluding hydrogens is 396 g/mol. The number of Topliss-reactive ketones (excluding diaryl/α,β-unsaturated/α-hetero) is 1. The molecule has 6 atom stereocenters. The Morgan fingerprint density at radius 2 is 1.84 bits per heavy atom. The Morgan fingerprint density at radius 1 is 1.06 bits per heavy atom. The molecule has 0 aromatic heterocycles. The van der Waals surface area contributed by atoms with Gasteiger partial charge < -0.3 is 14.6 Å². The summed E-state index contributed by atoms with van der Waals surface area (Å²) in [5.41, 5.74) is 0.830. The summed E-state index contributed by atoms with van der Waals surface area (Å²) in [6, 6.07) is 0. The predicted molar refractivity (Wildman–Crippen MR) is 110 cm³/mol. The highest BCUT2D eigenvalue weighted by atomic mass is 16.5. The average Bonchev–Trinajstić information content (AvgIpc) is 3.08. The van der Waals surface area contributed by atoms with Gasteiger partial charge in [-0.1, -0.05) is 12.5 Å². The first-order valence-corrected chi connectivity index (χ1v) is 11.8. The van der Waals surface area contributed by atoms with Crippen molar-refractivity contribution < 1.29 is 29.0 Å². The molecule has 0 heterocycles. The number of carboxylic acid groups (broad SMARTS) is 1. The Balaban J connectivity index is 1.59. The average molecular weight is 430 g/mol. The van der Waals surface area contributed by atoms with Crippen molar-refractivity contribution in [2.75, 3.05) is 6.61 Å². The highest BCUT2D eigenvalue weighted by Crippen LogP contribution is 2.66. The predicted octanol–water partition coefficient (Wildman–Crippen LogP) is 2.78. The smallest absolute Gasteiger partial charge is 0.306 e. The molecule has 4 aliphatic carbocycles. The lowest BCUT2D eigenvalue weighted by Crippen LogP contribution is -2.53. The fourth-order valence-electron chi connectivity index (χ4n) is 7.79. The second-order valence-corrected chi connectivity index (χ2v) is 10.5. The molecule has 0 aromatic carbocycles. The number of aliphatic carboxylic acids is 1. The molecule has 0 radical (unpaired) electrons. The van der Waals surface area contributed by atoms with Crippen molar-refractivity contribution in [3.8, 4) is 0 Å². The van der Waals surface area contributed by atoms with Crippen LogP contribution in [0.15, 0.2) is 11.6 Å². The fraction of sp³-hybridized carbons (Fsp3) is 0.760. The maximum Gasteiger partial charge on any atom is 0.306 e. The molecule has 0 bridgehead atoms. The number of ketones is 2. The number of hydrogen-bond donors (Lipinski definition) is 0. The van der Waals surface area contributed by atoms with Crippen molar-refractivity contribution in [1.29, 1.82) is 0 Å². The van der Waals surface area contributed by atoms with Gasteiger partial charge in [0.05, 0.1) is 6.42 Å². The number of esters is 1. The molecule has 0 amide bonds. The Kier molecular flexibility index (Phi) is 5.86. The second kappa shape index (κ2) is 8.18. The number of carbonyl (C=O) groups is 4. The van der Waals surface area contributed by atoms with Crippen molar-refractivity contribution in [2.24, 2.45) is 34.5 Å². The minimum atomic E-state index is -1.26. The molecule has 6 heteroatoms. The number of ether oxygens (including phenoxy) is 1. The SMILES string of the molecule is CC(=O)[C@@H]1CC[C@@H]2[C@@H]3CCC4=CC(=O)CC[C@]4(COC(=O)CCC(=O)[O-])[C@@H]3CC[C@@]21C. The zero-order valence-corrected chi connectivity index (χ0v) is 18.6. The summed E-state index contributed by atoms with van der Waals surface area (Å²) in [4.78, 5) is 47.4. The van der Waals surface area contributed by atoms with E-state index in [0.717, 1.165) is 44.1 Å². The third-order valence-corrected chi connectivity index (χ3v) is 9.20. The molecule has 3 saturated carbocycles. The first-order chi connectivity index (χ1) is 14.7. The van der Waals surface area contributed by atoms with Gasteiger partial charge in [-0.05, 0) is 87.5 Å². The van der Waals surface area contributed by atoms with Crippen molar-refractivity contribution in [1.82, 2.24) is 0 Å². The quantitative estimate of drug-likeness (QED) is 0.602. The van der Waals surface area contributed by atoms with E-state index in [-0.39, 0.29) is 42.0 Å². The Hall–Kier alpha value is -1.98. The van der Waals surface area contributed by atoms with E-state index in [0.29, 0.717) is 36.4 Å². The maximum atomic E-state index is 12.3. The van der Waals surface area contributed by atoms with E-state index in [4.69, 9.17) is 4.74 Å². The van der Waals surface area contributed by atoms with Crippen molar-refractivity contribution in [3.05, 3.63) is 11.6 Å². The Labute approximate surface area is 183 Å². The lowest BCUT2D eigenvalue weighted by atomic mass is 9.46. The van der Waals surface area contributed by atoms with E-state index in [9.17, 15) is 24.3 Å². The Bertz CT molecular complexity index is 828. The topological polar surface area (TPSA) is 101 Å². The van der Waals surface area contributed by atoms with Crippen LogP contribution in [0.2, 0.25) is 0 Å². The van der Waals surface area contributed by atoms with Crippen LogP contribution in [0.3, 0.4) is 0 Å². The van der Waals surface area contributed by atoms with Gasteiger partial charge in [-0.15, -0.1) is 0 Å². The van der Waals surface area contributed by atoms with E-state index in [1.807, 2.05) is 0 Å². The summed E-state index contributed by atoms with van der Waals surface area (Å²) in [6.07, 6.45) is 8.26. The van der Waals surface area contributed by atoms with Crippen molar-refractivity contribution >= 4 is 23.5 Å². The summed E-state index contributed by atoms with van der Waals surface area (Å²) in [5, 5.41) is 10.7. The van der Waals surface area contributed by atoms with Gasteiger partial charge in [0.2, 0.25) is 0 Å². The molecule has 4 rings (SSSR count). The van der Waals surface area contributed by atoms with E-state index < -0.39 is 11.9 Å². The number of fused-ring (bicyclic) bond motifs is 5. The number of rotatable bonds is 6. The number of carboxylic acids is 1. The summed E-state index contributed by atoms with van der Waals surface area (Å²) < 4.78 is 5.64. The second-order valence-electron chi connectivity index (χ2n) is 10.5. The van der Waals surface area contributed by atoms with E-state index in [1.54, 1.807) is 13.0 Å². The molecule has 0 spiro atoms. The molecule has 0 aromatic rings. The number of carbonyl (C=O) groups excluding carboxylic acids is 4. The van der Waals surface area contributed by atoms with Crippen LogP contribution in [-0.4, -0.2) is 30.1 Å². The van der Waals surface area contributed by atoms with E-state index >= 15 is 0 Å². The van der Waals surface area contributed by atoms with Gasteiger partial charge in [0.15, 0.2) is 5.78 Å². The molecule has 0 saturated heterocycles. The molecular formula is C25H33O6-. The maximum absolute atomic E-state index is 12.3. The van der Waals surface area contributed by atoms with Gasteiger partial charge in [0.1, 0.15) is 12.4 Å². The van der Waals surface area contributed by atoms with Crippen LogP contribution in [0.5, 0.6) is 0 Å². The minimum absolute atomic E-state index is 0.0467. The van der Waals surface area contributed by atoms with E-state index in [1.165, 1.54) is 0 Å². The van der Waals surface area contributed by atoms with Crippen LogP contribution >= 0.6 is 0 Å². The van der Waals surface area contributed by atoms with Crippen molar-refractivity contribution in [2.45, 2.75) is 78.1 Å². The summed E-state index contributed by atoms with van der Waals surface area (Å²) >= 11 is 0. The molecule has 3 fully saturated rings. The largest absolute Gasteiger partial charge is 0.550 e. The molecule has 170 valence electrons. The van der Waals surface area contributed by atoms with Crippen LogP contribution < -0.4 is 5.11 Å². The third-order valence-electron chi connectivity index (χ3n) is 9.20. The molecule has 0 unspecified atom stereocenters. The lowest BCUT2D eigenvalue weighted by Gasteiger charge is -2.58. The summed E-state index contributed by atoms with van der Waals surface area (Å²) in [7, 11) is 0. The standard InChI is InChI=1S/C25H34O6/c1-15(26)19-5-6-20-18-4-3-16-13-17(27)9-12-25(16,21(18)10-11-24(19,20)2)14-31-23(30)8-7-22(28)29/h13,18-21H,3-12,14H2,1-2H3,(H,28,29)/p-1/t18-,19-,20+,21+,24+,25+/m0/s1. The highest BCUT2D eigenvalue weighted by Gasteiger charge is 2.61. The van der Waals surface area contributed by atoms with E-state index in [2.05, 4.69) is 6.92 Å². The molecule has 4 aliphatic rings. The van der Waals surface area contributed by atoms with Crippen LogP contribution in [0, 0.1) is 34.5 Å². The monoisotopic (exact) mass is 429 g/mol. The first-order valence-electron chi connectivity index (χ1n) is 11.8. The molecule has 0 aliphatic heterocycles. The summed E-state index contributed by atoms with van der Waals surface area (Å²) in [6.45, 7) is 4.25. The third kappa shape index (κ3) is 3.76. The summed E-state index contributed by atoms with van der Waals surface area (Å²) in [5.74, 6) is 0.102. The van der Waals surface area contributed by atoms with Gasteiger partial charge in [0.25, 0.3) is 0 Å². The fourth-order valence-corrected chi connectivity index (χ4v) is 7.79. The van der Waals surface area contributed by atoms with Gasteiger partial charge in [-0.2, -0.15) is 0 Å².